The Kier molecular flexibility index (Phi) is 11.9. The van der Waals surface area contributed by atoms with Crippen LogP contribution >= 0.6 is 11.9 Å². The van der Waals surface area contributed by atoms with Crippen molar-refractivity contribution in [2.45, 2.75) is 66.5 Å². The number of nitrogens with zero attached hydrogens (tertiary/aromatic N) is 2. The van der Waals surface area contributed by atoms with Gasteiger partial charge in [0, 0.05) is 17.4 Å². The van der Waals surface area contributed by atoms with E-state index >= 15 is 0 Å². The monoisotopic (exact) mass is 572 g/mol. The number of ether oxygens (including phenoxy) is 1. The van der Waals surface area contributed by atoms with E-state index in [9.17, 15) is 9.90 Å². The zero-order valence-electron chi connectivity index (χ0n) is 25.2. The summed E-state index contributed by atoms with van der Waals surface area (Å²) in [6.07, 6.45) is 11.7. The summed E-state index contributed by atoms with van der Waals surface area (Å²) in [6, 6.07) is 12.4. The molecule has 0 spiro atoms. The number of hydrogen-bond donors (Lipinski definition) is 2. The van der Waals surface area contributed by atoms with Gasteiger partial charge in [-0.2, -0.15) is 0 Å². The minimum absolute atomic E-state index is 0.0346. The Morgan fingerprint density at radius 3 is 2.29 bits per heavy atom. The molecule has 1 aliphatic rings. The molecule has 2 N–H and O–H groups in total. The van der Waals surface area contributed by atoms with Crippen LogP contribution in [0.4, 0.5) is 5.69 Å². The van der Waals surface area contributed by atoms with Crippen molar-refractivity contribution in [3.05, 3.63) is 64.8 Å². The summed E-state index contributed by atoms with van der Waals surface area (Å²) < 4.78 is 8.03. The molecule has 41 heavy (non-hydrogen) atoms. The first kappa shape index (κ1) is 33.3. The number of anilines is 1. The standard InChI is InChI=1S/C28H28N2O3S.C4H10O.C2H2/c1-6-7-12-33-21-13-23-19(4)30(34-5)28-18(3)22(15-26(31)32)24(14-25(28)27(23)29-16-21)20-10-8-17(2)9-11-20;1-4(2,3)5;1-2/h8-11,13-14,16,19H,12,15H2,1-5H3,(H,31,32);5H,1-3H3;1-2H/t19-;;/m0../s1. The van der Waals surface area contributed by atoms with Gasteiger partial charge < -0.3 is 19.3 Å². The second kappa shape index (κ2) is 14.6. The molecule has 3 aromatic rings. The third kappa shape index (κ3) is 8.54. The Hall–Kier alpha value is -3.91. The fourth-order valence-corrected chi connectivity index (χ4v) is 5.37. The zero-order chi connectivity index (χ0) is 30.9. The van der Waals surface area contributed by atoms with Crippen LogP contribution in [0.5, 0.6) is 5.75 Å². The molecule has 7 heteroatoms. The highest BCUT2D eigenvalue weighted by atomic mass is 32.2. The first-order chi connectivity index (χ1) is 19.3. The largest absolute Gasteiger partial charge is 0.481 e. The average Bonchev–Trinajstić information content (AvgIpc) is 2.91. The molecule has 1 aromatic heterocycles. The van der Waals surface area contributed by atoms with Crippen LogP contribution in [0.3, 0.4) is 0 Å². The summed E-state index contributed by atoms with van der Waals surface area (Å²) in [5.41, 5.74) is 8.41. The van der Waals surface area contributed by atoms with E-state index in [0.29, 0.717) is 12.4 Å². The highest BCUT2D eigenvalue weighted by Crippen LogP contribution is 2.51. The van der Waals surface area contributed by atoms with Crippen molar-refractivity contribution in [3.63, 3.8) is 0 Å². The number of aromatic nitrogens is 1. The predicted molar refractivity (Wildman–Crippen MR) is 171 cm³/mol. The van der Waals surface area contributed by atoms with Gasteiger partial charge in [-0.25, -0.2) is 0 Å². The molecular formula is C34H40N2O4S. The number of terminal acetylenes is 1. The molecule has 0 aliphatic carbocycles. The molecule has 216 valence electrons. The van der Waals surface area contributed by atoms with Gasteiger partial charge in [0.05, 0.1) is 35.6 Å². The number of aliphatic carboxylic acids is 1. The normalized spacial score (nSPS) is 13.1. The van der Waals surface area contributed by atoms with Crippen molar-refractivity contribution < 1.29 is 19.7 Å². The summed E-state index contributed by atoms with van der Waals surface area (Å²) in [5.74, 6) is 5.61. The maximum absolute atomic E-state index is 11.8. The number of rotatable bonds is 6. The molecule has 6 nitrogen and oxygen atoms in total. The van der Waals surface area contributed by atoms with Crippen molar-refractivity contribution in [3.8, 4) is 52.8 Å². The molecule has 1 aliphatic heterocycles. The summed E-state index contributed by atoms with van der Waals surface area (Å²) in [7, 11) is 0. The van der Waals surface area contributed by atoms with Gasteiger partial charge in [0.2, 0.25) is 0 Å². The van der Waals surface area contributed by atoms with Gasteiger partial charge in [-0.1, -0.05) is 47.7 Å². The average molecular weight is 573 g/mol. The number of aliphatic hydroxyl groups is 1. The number of carboxylic acids is 1. The maximum Gasteiger partial charge on any atom is 0.307 e. The summed E-state index contributed by atoms with van der Waals surface area (Å²) >= 11 is 1.63. The number of benzene rings is 2. The highest BCUT2D eigenvalue weighted by Gasteiger charge is 2.33. The number of carboxylic acid groups (broad SMARTS) is 1. The van der Waals surface area contributed by atoms with E-state index < -0.39 is 11.6 Å². The van der Waals surface area contributed by atoms with E-state index in [1.54, 1.807) is 45.8 Å². The van der Waals surface area contributed by atoms with E-state index in [4.69, 9.17) is 14.8 Å². The van der Waals surface area contributed by atoms with E-state index in [1.165, 1.54) is 0 Å². The second-order valence-corrected chi connectivity index (χ2v) is 11.3. The summed E-state index contributed by atoms with van der Waals surface area (Å²) in [4.78, 5) is 16.6. The molecule has 0 saturated heterocycles. The Morgan fingerprint density at radius 2 is 1.76 bits per heavy atom. The molecule has 0 unspecified atom stereocenters. The Labute approximate surface area is 249 Å². The fraction of sp³-hybridized carbons (Fsp3) is 0.353. The van der Waals surface area contributed by atoms with E-state index in [0.717, 1.165) is 50.3 Å². The van der Waals surface area contributed by atoms with E-state index in [-0.39, 0.29) is 12.5 Å². The first-order valence-electron chi connectivity index (χ1n) is 13.2. The van der Waals surface area contributed by atoms with Crippen molar-refractivity contribution in [1.29, 1.82) is 0 Å². The van der Waals surface area contributed by atoms with Gasteiger partial charge in [-0.05, 0) is 82.9 Å². The van der Waals surface area contributed by atoms with Gasteiger partial charge in [0.25, 0.3) is 0 Å². The van der Waals surface area contributed by atoms with Crippen molar-refractivity contribution >= 4 is 23.6 Å². The van der Waals surface area contributed by atoms with Gasteiger partial charge in [0.15, 0.2) is 0 Å². The Morgan fingerprint density at radius 1 is 1.15 bits per heavy atom. The SMILES string of the molecule is C#C.CC#CCOc1cnc2c(c1)[C@H](C)N(SC)c1c-2cc(-c2ccc(C)cc2)c(CC(=O)O)c1C.CC(C)(C)O. The number of fused-ring (bicyclic) bond motifs is 3. The molecule has 0 amide bonds. The van der Waals surface area contributed by atoms with Crippen LogP contribution in [0.15, 0.2) is 42.6 Å². The van der Waals surface area contributed by atoms with E-state index in [1.807, 2.05) is 26.2 Å². The lowest BCUT2D eigenvalue weighted by Crippen LogP contribution is -2.26. The fourth-order valence-electron chi connectivity index (χ4n) is 4.53. The van der Waals surface area contributed by atoms with Crippen LogP contribution in [-0.4, -0.2) is 39.6 Å². The van der Waals surface area contributed by atoms with Crippen molar-refractivity contribution in [2.24, 2.45) is 0 Å². The third-order valence-electron chi connectivity index (χ3n) is 6.22. The summed E-state index contributed by atoms with van der Waals surface area (Å²) in [6.45, 7) is 13.5. The molecule has 0 fully saturated rings. The lowest BCUT2D eigenvalue weighted by atomic mass is 9.85. The topological polar surface area (TPSA) is 82.9 Å². The zero-order valence-corrected chi connectivity index (χ0v) is 26.0. The van der Waals surface area contributed by atoms with Crippen LogP contribution in [0.25, 0.3) is 22.4 Å². The van der Waals surface area contributed by atoms with Crippen LogP contribution in [0.1, 0.15) is 62.9 Å². The minimum Gasteiger partial charge on any atom is -0.481 e. The molecule has 2 aromatic carbocycles. The number of pyridine rings is 1. The predicted octanol–water partition coefficient (Wildman–Crippen LogP) is 7.25. The molecule has 2 heterocycles. The lowest BCUT2D eigenvalue weighted by molar-refractivity contribution is -0.136. The van der Waals surface area contributed by atoms with Crippen LogP contribution in [0, 0.1) is 38.5 Å². The Balaban J connectivity index is 0.000000759. The number of aryl methyl sites for hydroxylation is 1. The van der Waals surface area contributed by atoms with Crippen LogP contribution < -0.4 is 9.04 Å². The summed E-state index contributed by atoms with van der Waals surface area (Å²) in [5, 5.41) is 18.2. The molecule has 0 saturated carbocycles. The van der Waals surface area contributed by atoms with Crippen LogP contribution in [0.2, 0.25) is 0 Å². The van der Waals surface area contributed by atoms with E-state index in [2.05, 4.69) is 66.2 Å². The lowest BCUT2D eigenvalue weighted by Gasteiger charge is -2.38. The molecule has 4 rings (SSSR count). The van der Waals surface area contributed by atoms with Crippen molar-refractivity contribution in [1.82, 2.24) is 4.98 Å². The molecule has 0 bridgehead atoms. The van der Waals surface area contributed by atoms with Gasteiger partial charge in [0.1, 0.15) is 12.4 Å². The minimum atomic E-state index is -0.841. The molecule has 1 atom stereocenters. The second-order valence-electron chi connectivity index (χ2n) is 10.5. The number of carbonyl (C=O) groups is 1. The van der Waals surface area contributed by atoms with Gasteiger partial charge in [-0.3, -0.25) is 9.78 Å². The third-order valence-corrected chi connectivity index (χ3v) is 7.11. The first-order valence-corrected chi connectivity index (χ1v) is 14.4. The van der Waals surface area contributed by atoms with Gasteiger partial charge in [-0.15, -0.1) is 18.8 Å². The maximum atomic E-state index is 11.8. The smallest absolute Gasteiger partial charge is 0.307 e. The quantitative estimate of drug-likeness (QED) is 0.238. The molecular weight excluding hydrogens is 532 g/mol. The van der Waals surface area contributed by atoms with Gasteiger partial charge >= 0.3 is 5.97 Å². The Bertz CT molecular complexity index is 1440. The van der Waals surface area contributed by atoms with Crippen molar-refractivity contribution in [2.75, 3.05) is 17.2 Å². The highest BCUT2D eigenvalue weighted by molar-refractivity contribution is 8.00. The van der Waals surface area contributed by atoms with Crippen LogP contribution in [-0.2, 0) is 11.2 Å². The molecule has 0 radical (unpaired) electrons. The number of hydrogen-bond acceptors (Lipinski definition) is 6.